The summed E-state index contributed by atoms with van der Waals surface area (Å²) in [6, 6.07) is 5.51. The number of carboxylic acid groups (broad SMARTS) is 1. The molecule has 0 amide bonds. The van der Waals surface area contributed by atoms with Crippen molar-refractivity contribution in [1.29, 1.82) is 0 Å². The van der Waals surface area contributed by atoms with Crippen LogP contribution in [0.3, 0.4) is 0 Å². The quantitative estimate of drug-likeness (QED) is 0.886. The van der Waals surface area contributed by atoms with Gasteiger partial charge in [-0.2, -0.15) is 0 Å². The number of benzene rings is 1. The van der Waals surface area contributed by atoms with Crippen molar-refractivity contribution in [2.45, 2.75) is 38.5 Å². The number of hydrogen-bond donors (Lipinski definition) is 1. The van der Waals surface area contributed by atoms with E-state index in [4.69, 9.17) is 9.84 Å². The van der Waals surface area contributed by atoms with Crippen molar-refractivity contribution in [3.05, 3.63) is 29.3 Å². The SMILES string of the molecule is COc1ccc(CC2CCCCC2)cc1C(=O)O. The van der Waals surface area contributed by atoms with Crippen LogP contribution in [-0.2, 0) is 6.42 Å². The van der Waals surface area contributed by atoms with Gasteiger partial charge in [0.2, 0.25) is 0 Å². The van der Waals surface area contributed by atoms with Crippen LogP contribution in [0.1, 0.15) is 48.0 Å². The van der Waals surface area contributed by atoms with Gasteiger partial charge in [0, 0.05) is 0 Å². The van der Waals surface area contributed by atoms with Gasteiger partial charge in [-0.15, -0.1) is 0 Å². The van der Waals surface area contributed by atoms with Crippen LogP contribution in [0, 0.1) is 5.92 Å². The highest BCUT2D eigenvalue weighted by molar-refractivity contribution is 5.91. The highest BCUT2D eigenvalue weighted by Crippen LogP contribution is 2.28. The number of hydrogen-bond acceptors (Lipinski definition) is 2. The molecule has 0 saturated heterocycles. The zero-order valence-corrected chi connectivity index (χ0v) is 10.8. The molecule has 1 aromatic rings. The highest BCUT2D eigenvalue weighted by Gasteiger charge is 2.16. The van der Waals surface area contributed by atoms with Gasteiger partial charge >= 0.3 is 5.97 Å². The molecule has 0 atom stereocenters. The van der Waals surface area contributed by atoms with Gasteiger partial charge in [0.05, 0.1) is 7.11 Å². The number of carbonyl (C=O) groups is 1. The van der Waals surface area contributed by atoms with Gasteiger partial charge in [-0.05, 0) is 30.0 Å². The van der Waals surface area contributed by atoms with Gasteiger partial charge < -0.3 is 9.84 Å². The van der Waals surface area contributed by atoms with E-state index >= 15 is 0 Å². The third-order valence-electron chi connectivity index (χ3n) is 3.74. The van der Waals surface area contributed by atoms with Gasteiger partial charge in [-0.1, -0.05) is 38.2 Å². The molecule has 0 spiro atoms. The lowest BCUT2D eigenvalue weighted by atomic mass is 9.84. The number of rotatable bonds is 4. The fourth-order valence-corrected chi connectivity index (χ4v) is 2.77. The Morgan fingerprint density at radius 3 is 2.67 bits per heavy atom. The third-order valence-corrected chi connectivity index (χ3v) is 3.74. The molecule has 3 heteroatoms. The van der Waals surface area contributed by atoms with E-state index in [1.54, 1.807) is 12.1 Å². The molecule has 18 heavy (non-hydrogen) atoms. The second kappa shape index (κ2) is 5.89. The molecule has 98 valence electrons. The lowest BCUT2D eigenvalue weighted by molar-refractivity contribution is 0.0693. The molecule has 1 saturated carbocycles. The second-order valence-corrected chi connectivity index (χ2v) is 5.05. The maximum absolute atomic E-state index is 11.1. The van der Waals surface area contributed by atoms with Crippen molar-refractivity contribution in [1.82, 2.24) is 0 Å². The number of ether oxygens (including phenoxy) is 1. The van der Waals surface area contributed by atoms with Crippen molar-refractivity contribution in [3.63, 3.8) is 0 Å². The molecule has 0 aromatic heterocycles. The van der Waals surface area contributed by atoms with Gasteiger partial charge in [0.25, 0.3) is 0 Å². The first-order valence-electron chi connectivity index (χ1n) is 6.61. The first-order chi connectivity index (χ1) is 8.70. The number of methoxy groups -OCH3 is 1. The largest absolute Gasteiger partial charge is 0.496 e. The summed E-state index contributed by atoms with van der Waals surface area (Å²) in [5, 5.41) is 9.15. The Hall–Kier alpha value is -1.51. The summed E-state index contributed by atoms with van der Waals surface area (Å²) >= 11 is 0. The summed E-state index contributed by atoms with van der Waals surface area (Å²) < 4.78 is 5.07. The van der Waals surface area contributed by atoms with Crippen molar-refractivity contribution >= 4 is 5.97 Å². The number of aromatic carboxylic acids is 1. The van der Waals surface area contributed by atoms with Crippen LogP contribution in [0.15, 0.2) is 18.2 Å². The highest BCUT2D eigenvalue weighted by atomic mass is 16.5. The van der Waals surface area contributed by atoms with Crippen molar-refractivity contribution in [3.8, 4) is 5.75 Å². The molecule has 3 nitrogen and oxygen atoms in total. The lowest BCUT2D eigenvalue weighted by Gasteiger charge is -2.21. The first kappa shape index (κ1) is 12.9. The minimum atomic E-state index is -0.919. The summed E-state index contributed by atoms with van der Waals surface area (Å²) in [7, 11) is 1.50. The normalized spacial score (nSPS) is 16.5. The average Bonchev–Trinajstić information content (AvgIpc) is 2.40. The van der Waals surface area contributed by atoms with Crippen molar-refractivity contribution < 1.29 is 14.6 Å². The van der Waals surface area contributed by atoms with E-state index in [0.717, 1.165) is 12.0 Å². The molecule has 0 radical (unpaired) electrons. The third kappa shape index (κ3) is 3.03. The molecule has 0 bridgehead atoms. The fourth-order valence-electron chi connectivity index (χ4n) is 2.77. The molecular formula is C15H20O3. The Labute approximate surface area is 108 Å². The van der Waals surface area contributed by atoms with Crippen molar-refractivity contribution in [2.75, 3.05) is 7.11 Å². The molecule has 1 N–H and O–H groups in total. The summed E-state index contributed by atoms with van der Waals surface area (Å²) in [6.07, 6.45) is 7.51. The van der Waals surface area contributed by atoms with Crippen LogP contribution in [0.4, 0.5) is 0 Å². The maximum Gasteiger partial charge on any atom is 0.339 e. The van der Waals surface area contributed by atoms with Gasteiger partial charge in [0.15, 0.2) is 0 Å². The van der Waals surface area contributed by atoms with E-state index in [0.29, 0.717) is 11.7 Å². The minimum Gasteiger partial charge on any atom is -0.496 e. The predicted octanol–water partition coefficient (Wildman–Crippen LogP) is 3.52. The monoisotopic (exact) mass is 248 g/mol. The molecule has 0 unspecified atom stereocenters. The van der Waals surface area contributed by atoms with Crippen molar-refractivity contribution in [2.24, 2.45) is 5.92 Å². The van der Waals surface area contributed by atoms with Crippen LogP contribution in [0.5, 0.6) is 5.75 Å². The number of carboxylic acids is 1. The molecule has 0 heterocycles. The first-order valence-corrected chi connectivity index (χ1v) is 6.61. The Balaban J connectivity index is 2.13. The summed E-state index contributed by atoms with van der Waals surface area (Å²) in [6.45, 7) is 0. The van der Waals surface area contributed by atoms with E-state index in [2.05, 4.69) is 0 Å². The van der Waals surface area contributed by atoms with Crippen LogP contribution in [-0.4, -0.2) is 18.2 Å². The van der Waals surface area contributed by atoms with E-state index in [-0.39, 0.29) is 5.56 Å². The smallest absolute Gasteiger partial charge is 0.339 e. The van der Waals surface area contributed by atoms with Gasteiger partial charge in [-0.3, -0.25) is 0 Å². The summed E-state index contributed by atoms with van der Waals surface area (Å²) in [5.41, 5.74) is 1.38. The molecular weight excluding hydrogens is 228 g/mol. The molecule has 2 rings (SSSR count). The standard InChI is InChI=1S/C15H20O3/c1-18-14-8-7-12(10-13(14)15(16)17)9-11-5-3-2-4-6-11/h7-8,10-11H,2-6,9H2,1H3,(H,16,17). The Morgan fingerprint density at radius 2 is 2.06 bits per heavy atom. The topological polar surface area (TPSA) is 46.5 Å². The zero-order valence-electron chi connectivity index (χ0n) is 10.8. The molecule has 1 aromatic carbocycles. The van der Waals surface area contributed by atoms with Gasteiger partial charge in [-0.25, -0.2) is 4.79 Å². The maximum atomic E-state index is 11.1. The van der Waals surface area contributed by atoms with E-state index in [9.17, 15) is 4.79 Å². The molecule has 1 fully saturated rings. The second-order valence-electron chi connectivity index (χ2n) is 5.05. The van der Waals surface area contributed by atoms with E-state index in [1.165, 1.54) is 39.2 Å². The summed E-state index contributed by atoms with van der Waals surface area (Å²) in [5.74, 6) is 0.237. The predicted molar refractivity (Wildman–Crippen MR) is 70.2 cm³/mol. The Kier molecular flexibility index (Phi) is 4.24. The van der Waals surface area contributed by atoms with E-state index < -0.39 is 5.97 Å². The Bertz CT molecular complexity index is 420. The zero-order chi connectivity index (χ0) is 13.0. The van der Waals surface area contributed by atoms with Crippen LogP contribution >= 0.6 is 0 Å². The molecule has 1 aliphatic rings. The summed E-state index contributed by atoms with van der Waals surface area (Å²) in [4.78, 5) is 11.1. The van der Waals surface area contributed by atoms with E-state index in [1.807, 2.05) is 6.07 Å². The fraction of sp³-hybridized carbons (Fsp3) is 0.533. The van der Waals surface area contributed by atoms with Crippen LogP contribution in [0.25, 0.3) is 0 Å². The average molecular weight is 248 g/mol. The minimum absolute atomic E-state index is 0.269. The lowest BCUT2D eigenvalue weighted by Crippen LogP contribution is -2.10. The van der Waals surface area contributed by atoms with Crippen LogP contribution in [0.2, 0.25) is 0 Å². The molecule has 0 aliphatic heterocycles. The molecule has 1 aliphatic carbocycles. The van der Waals surface area contributed by atoms with Crippen LogP contribution < -0.4 is 4.74 Å². The van der Waals surface area contributed by atoms with Gasteiger partial charge in [0.1, 0.15) is 11.3 Å². The Morgan fingerprint density at radius 1 is 1.33 bits per heavy atom.